The molecule has 1 aromatic carbocycles. The summed E-state index contributed by atoms with van der Waals surface area (Å²) in [5.74, 6) is -0.0637. The molecular formula is C11H13ClO2. The Hall–Kier alpha value is -1.02. The highest BCUT2D eigenvalue weighted by Crippen LogP contribution is 2.27. The van der Waals surface area contributed by atoms with Gasteiger partial charge in [0.05, 0.1) is 5.02 Å². The molecule has 0 amide bonds. The molecule has 0 heterocycles. The number of benzene rings is 1. The van der Waals surface area contributed by atoms with Gasteiger partial charge in [0.2, 0.25) is 0 Å². The summed E-state index contributed by atoms with van der Waals surface area (Å²) in [4.78, 5) is 11.8. The first-order valence-electron chi connectivity index (χ1n) is 4.35. The Morgan fingerprint density at radius 3 is 2.36 bits per heavy atom. The van der Waals surface area contributed by atoms with E-state index in [0.29, 0.717) is 5.56 Å². The second-order valence-corrected chi connectivity index (χ2v) is 4.65. The molecule has 0 spiro atoms. The maximum atomic E-state index is 11.8. The van der Waals surface area contributed by atoms with Crippen LogP contribution in [0.5, 0.6) is 5.75 Å². The SMILES string of the molecule is CC(C)(C)C(=O)c1ccc(Cl)c(O)c1. The first-order chi connectivity index (χ1) is 6.32. The summed E-state index contributed by atoms with van der Waals surface area (Å²) in [7, 11) is 0. The Labute approximate surface area is 88.5 Å². The van der Waals surface area contributed by atoms with Crippen molar-refractivity contribution >= 4 is 17.4 Å². The zero-order valence-corrected chi connectivity index (χ0v) is 9.22. The number of phenolic OH excluding ortho intramolecular Hbond substituents is 1. The average Bonchev–Trinajstić information content (AvgIpc) is 2.07. The number of carbonyl (C=O) groups is 1. The summed E-state index contributed by atoms with van der Waals surface area (Å²) in [6.45, 7) is 5.50. The fraction of sp³-hybridized carbons (Fsp3) is 0.364. The van der Waals surface area contributed by atoms with Crippen molar-refractivity contribution in [3.63, 3.8) is 0 Å². The smallest absolute Gasteiger partial charge is 0.168 e. The van der Waals surface area contributed by atoms with Crippen LogP contribution in [0.1, 0.15) is 31.1 Å². The van der Waals surface area contributed by atoms with E-state index in [0.717, 1.165) is 0 Å². The van der Waals surface area contributed by atoms with Gasteiger partial charge < -0.3 is 5.11 Å². The quantitative estimate of drug-likeness (QED) is 0.726. The van der Waals surface area contributed by atoms with Crippen LogP contribution in [-0.2, 0) is 0 Å². The highest BCUT2D eigenvalue weighted by molar-refractivity contribution is 6.32. The molecule has 0 aliphatic carbocycles. The van der Waals surface area contributed by atoms with Crippen LogP contribution >= 0.6 is 11.6 Å². The molecule has 1 N–H and O–H groups in total. The number of Topliss-reactive ketones (excluding diaryl/α,β-unsaturated/α-hetero) is 1. The minimum absolute atomic E-state index is 0.00975. The van der Waals surface area contributed by atoms with Gasteiger partial charge in [-0.05, 0) is 18.2 Å². The van der Waals surface area contributed by atoms with Crippen LogP contribution in [0, 0.1) is 5.41 Å². The minimum atomic E-state index is -0.444. The van der Waals surface area contributed by atoms with Gasteiger partial charge in [-0.25, -0.2) is 0 Å². The van der Waals surface area contributed by atoms with Gasteiger partial charge in [0.15, 0.2) is 5.78 Å². The molecule has 0 aliphatic rings. The van der Waals surface area contributed by atoms with Crippen LogP contribution < -0.4 is 0 Å². The lowest BCUT2D eigenvalue weighted by molar-refractivity contribution is 0.0858. The monoisotopic (exact) mass is 212 g/mol. The van der Waals surface area contributed by atoms with E-state index in [2.05, 4.69) is 0 Å². The van der Waals surface area contributed by atoms with Crippen LogP contribution in [0.15, 0.2) is 18.2 Å². The molecule has 0 bridgehead atoms. The largest absolute Gasteiger partial charge is 0.506 e. The maximum Gasteiger partial charge on any atom is 0.168 e. The van der Waals surface area contributed by atoms with Crippen molar-refractivity contribution in [2.24, 2.45) is 5.41 Å². The predicted molar refractivity (Wildman–Crippen MR) is 56.9 cm³/mol. The minimum Gasteiger partial charge on any atom is -0.506 e. The van der Waals surface area contributed by atoms with Gasteiger partial charge in [0.25, 0.3) is 0 Å². The number of ketones is 1. The van der Waals surface area contributed by atoms with E-state index in [1.54, 1.807) is 6.07 Å². The van der Waals surface area contributed by atoms with Crippen molar-refractivity contribution in [3.8, 4) is 5.75 Å². The second kappa shape index (κ2) is 3.62. The van der Waals surface area contributed by atoms with Gasteiger partial charge in [-0.1, -0.05) is 32.4 Å². The van der Waals surface area contributed by atoms with E-state index >= 15 is 0 Å². The Kier molecular flexibility index (Phi) is 2.86. The van der Waals surface area contributed by atoms with Gasteiger partial charge in [-0.3, -0.25) is 4.79 Å². The van der Waals surface area contributed by atoms with Gasteiger partial charge in [-0.15, -0.1) is 0 Å². The molecule has 0 atom stereocenters. The molecule has 0 unspecified atom stereocenters. The van der Waals surface area contributed by atoms with E-state index in [-0.39, 0.29) is 16.6 Å². The molecule has 1 aromatic rings. The third kappa shape index (κ3) is 2.26. The van der Waals surface area contributed by atoms with Crippen LogP contribution in [-0.4, -0.2) is 10.9 Å². The van der Waals surface area contributed by atoms with Crippen molar-refractivity contribution < 1.29 is 9.90 Å². The summed E-state index contributed by atoms with van der Waals surface area (Å²) in [5, 5.41) is 9.59. The first-order valence-corrected chi connectivity index (χ1v) is 4.73. The van der Waals surface area contributed by atoms with E-state index < -0.39 is 5.41 Å². The highest BCUT2D eigenvalue weighted by atomic mass is 35.5. The van der Waals surface area contributed by atoms with Gasteiger partial charge in [0, 0.05) is 11.0 Å². The lowest BCUT2D eigenvalue weighted by Gasteiger charge is -2.16. The first kappa shape index (κ1) is 11.1. The van der Waals surface area contributed by atoms with Crippen molar-refractivity contribution in [1.29, 1.82) is 0 Å². The third-order valence-corrected chi connectivity index (χ3v) is 2.21. The number of rotatable bonds is 1. The Morgan fingerprint density at radius 1 is 1.36 bits per heavy atom. The molecule has 2 nitrogen and oxygen atoms in total. The Balaban J connectivity index is 3.10. The molecule has 0 aliphatic heterocycles. The maximum absolute atomic E-state index is 11.8. The normalized spacial score (nSPS) is 11.4. The molecule has 0 saturated carbocycles. The zero-order chi connectivity index (χ0) is 10.9. The van der Waals surface area contributed by atoms with E-state index in [4.69, 9.17) is 11.6 Å². The van der Waals surface area contributed by atoms with Crippen LogP contribution in [0.2, 0.25) is 5.02 Å². The van der Waals surface area contributed by atoms with Gasteiger partial charge in [-0.2, -0.15) is 0 Å². The number of halogens is 1. The molecule has 14 heavy (non-hydrogen) atoms. The van der Waals surface area contributed by atoms with Crippen molar-refractivity contribution in [3.05, 3.63) is 28.8 Å². The molecule has 0 fully saturated rings. The lowest BCUT2D eigenvalue weighted by Crippen LogP contribution is -2.19. The summed E-state index contributed by atoms with van der Waals surface area (Å²) in [6.07, 6.45) is 0. The summed E-state index contributed by atoms with van der Waals surface area (Å²) < 4.78 is 0. The zero-order valence-electron chi connectivity index (χ0n) is 8.47. The number of hydrogen-bond donors (Lipinski definition) is 1. The third-order valence-electron chi connectivity index (χ3n) is 1.89. The van der Waals surface area contributed by atoms with Crippen LogP contribution in [0.25, 0.3) is 0 Å². The standard InChI is InChI=1S/C11H13ClO2/c1-11(2,3)10(14)7-4-5-8(12)9(13)6-7/h4-6,13H,1-3H3. The van der Waals surface area contributed by atoms with E-state index in [1.807, 2.05) is 20.8 Å². The molecule has 0 aromatic heterocycles. The lowest BCUT2D eigenvalue weighted by atomic mass is 9.86. The van der Waals surface area contributed by atoms with Crippen LogP contribution in [0.3, 0.4) is 0 Å². The Bertz CT molecular complexity index is 364. The van der Waals surface area contributed by atoms with Gasteiger partial charge >= 0.3 is 0 Å². The van der Waals surface area contributed by atoms with Crippen molar-refractivity contribution in [2.45, 2.75) is 20.8 Å². The molecule has 76 valence electrons. The van der Waals surface area contributed by atoms with E-state index in [1.165, 1.54) is 12.1 Å². The number of aromatic hydroxyl groups is 1. The highest BCUT2D eigenvalue weighted by Gasteiger charge is 2.23. The van der Waals surface area contributed by atoms with E-state index in [9.17, 15) is 9.90 Å². The molecular weight excluding hydrogens is 200 g/mol. The topological polar surface area (TPSA) is 37.3 Å². The summed E-state index contributed by atoms with van der Waals surface area (Å²) in [6, 6.07) is 4.54. The molecule has 0 saturated heterocycles. The number of phenols is 1. The average molecular weight is 213 g/mol. The predicted octanol–water partition coefficient (Wildman–Crippen LogP) is 3.27. The molecule has 1 rings (SSSR count). The number of carbonyl (C=O) groups excluding carboxylic acids is 1. The van der Waals surface area contributed by atoms with Crippen LogP contribution in [0.4, 0.5) is 0 Å². The Morgan fingerprint density at radius 2 is 1.93 bits per heavy atom. The van der Waals surface area contributed by atoms with Crippen molar-refractivity contribution in [1.82, 2.24) is 0 Å². The summed E-state index contributed by atoms with van der Waals surface area (Å²) >= 11 is 5.64. The summed E-state index contributed by atoms with van der Waals surface area (Å²) in [5.41, 5.74) is 0.0414. The molecule has 0 radical (unpaired) electrons. The second-order valence-electron chi connectivity index (χ2n) is 4.25. The fourth-order valence-corrected chi connectivity index (χ4v) is 1.20. The molecule has 3 heteroatoms. The number of hydrogen-bond acceptors (Lipinski definition) is 2. The fourth-order valence-electron chi connectivity index (χ4n) is 1.09. The van der Waals surface area contributed by atoms with Crippen molar-refractivity contribution in [2.75, 3.05) is 0 Å². The van der Waals surface area contributed by atoms with Gasteiger partial charge in [0.1, 0.15) is 5.75 Å².